The van der Waals surface area contributed by atoms with Gasteiger partial charge in [-0.2, -0.15) is 0 Å². The first-order chi connectivity index (χ1) is 8.91. The van der Waals surface area contributed by atoms with Crippen molar-refractivity contribution in [2.24, 2.45) is 10.4 Å². The number of methoxy groups -OCH3 is 1. The van der Waals surface area contributed by atoms with E-state index >= 15 is 0 Å². The molecule has 0 aromatic heterocycles. The standard InChI is InChI=1S/C13H28N4O2/c1-13(2,3)11(18)15-8-9-17-12(14-4)16-7-6-10-19-5/h6-10H2,1-5H3,(H,15,18)(H2,14,16,17). The predicted molar refractivity (Wildman–Crippen MR) is 78.3 cm³/mol. The summed E-state index contributed by atoms with van der Waals surface area (Å²) in [6.45, 7) is 8.44. The number of rotatable bonds is 7. The summed E-state index contributed by atoms with van der Waals surface area (Å²) >= 11 is 0. The summed E-state index contributed by atoms with van der Waals surface area (Å²) in [5, 5.41) is 9.18. The normalized spacial score (nSPS) is 12.2. The summed E-state index contributed by atoms with van der Waals surface area (Å²) in [6, 6.07) is 0. The monoisotopic (exact) mass is 272 g/mol. The zero-order valence-electron chi connectivity index (χ0n) is 12.8. The molecule has 6 heteroatoms. The third kappa shape index (κ3) is 9.30. The summed E-state index contributed by atoms with van der Waals surface area (Å²) in [6.07, 6.45) is 0.929. The molecule has 6 nitrogen and oxygen atoms in total. The highest BCUT2D eigenvalue weighted by atomic mass is 16.5. The number of carbonyl (C=O) groups excluding carboxylic acids is 1. The van der Waals surface area contributed by atoms with Gasteiger partial charge in [-0.25, -0.2) is 0 Å². The van der Waals surface area contributed by atoms with Gasteiger partial charge in [0.2, 0.25) is 5.91 Å². The molecule has 0 aliphatic carbocycles. The van der Waals surface area contributed by atoms with Gasteiger partial charge in [0.1, 0.15) is 0 Å². The van der Waals surface area contributed by atoms with Gasteiger partial charge in [0.25, 0.3) is 0 Å². The number of aliphatic imine (C=N–C) groups is 1. The first-order valence-electron chi connectivity index (χ1n) is 6.63. The molecule has 0 radical (unpaired) electrons. The number of guanidine groups is 1. The van der Waals surface area contributed by atoms with Gasteiger partial charge in [-0.05, 0) is 6.42 Å². The second-order valence-corrected chi connectivity index (χ2v) is 5.28. The van der Waals surface area contributed by atoms with Crippen LogP contribution in [-0.4, -0.2) is 52.3 Å². The molecule has 0 aromatic rings. The lowest BCUT2D eigenvalue weighted by Gasteiger charge is -2.18. The molecule has 0 aliphatic heterocycles. The lowest BCUT2D eigenvalue weighted by atomic mass is 9.96. The van der Waals surface area contributed by atoms with E-state index in [1.165, 1.54) is 0 Å². The molecule has 0 fully saturated rings. The Morgan fingerprint density at radius 1 is 1.11 bits per heavy atom. The number of ether oxygens (including phenoxy) is 1. The van der Waals surface area contributed by atoms with E-state index < -0.39 is 0 Å². The lowest BCUT2D eigenvalue weighted by Crippen LogP contribution is -2.43. The van der Waals surface area contributed by atoms with Crippen LogP contribution in [0.1, 0.15) is 27.2 Å². The summed E-state index contributed by atoms with van der Waals surface area (Å²) in [5.74, 6) is 0.790. The Morgan fingerprint density at radius 2 is 1.68 bits per heavy atom. The van der Waals surface area contributed by atoms with Gasteiger partial charge in [0.05, 0.1) is 0 Å². The van der Waals surface area contributed by atoms with Gasteiger partial charge >= 0.3 is 0 Å². The van der Waals surface area contributed by atoms with Crippen LogP contribution in [0.2, 0.25) is 0 Å². The Kier molecular flexibility index (Phi) is 8.95. The number of nitrogens with one attached hydrogen (secondary N) is 3. The third-order valence-corrected chi connectivity index (χ3v) is 2.43. The molecule has 1 amide bonds. The fourth-order valence-corrected chi connectivity index (χ4v) is 1.27. The van der Waals surface area contributed by atoms with Crippen LogP contribution >= 0.6 is 0 Å². The van der Waals surface area contributed by atoms with Gasteiger partial charge in [0.15, 0.2) is 5.96 Å². The van der Waals surface area contributed by atoms with Crippen LogP contribution in [-0.2, 0) is 9.53 Å². The van der Waals surface area contributed by atoms with Crippen molar-refractivity contribution in [3.05, 3.63) is 0 Å². The maximum absolute atomic E-state index is 11.6. The second-order valence-electron chi connectivity index (χ2n) is 5.28. The van der Waals surface area contributed by atoms with Gasteiger partial charge in [-0.3, -0.25) is 9.79 Å². The smallest absolute Gasteiger partial charge is 0.225 e. The molecule has 19 heavy (non-hydrogen) atoms. The van der Waals surface area contributed by atoms with Gasteiger partial charge in [-0.1, -0.05) is 20.8 Å². The molecule has 0 unspecified atom stereocenters. The maximum atomic E-state index is 11.6. The van der Waals surface area contributed by atoms with Crippen LogP contribution in [0, 0.1) is 5.41 Å². The number of nitrogens with zero attached hydrogens (tertiary/aromatic N) is 1. The van der Waals surface area contributed by atoms with E-state index in [9.17, 15) is 4.79 Å². The van der Waals surface area contributed by atoms with Crippen LogP contribution in [0.4, 0.5) is 0 Å². The quantitative estimate of drug-likeness (QED) is 0.355. The minimum absolute atomic E-state index is 0.0531. The number of hydrogen-bond donors (Lipinski definition) is 3. The highest BCUT2D eigenvalue weighted by molar-refractivity contribution is 5.81. The van der Waals surface area contributed by atoms with Crippen molar-refractivity contribution < 1.29 is 9.53 Å². The number of amides is 1. The molecule has 112 valence electrons. The highest BCUT2D eigenvalue weighted by Gasteiger charge is 2.20. The van der Waals surface area contributed by atoms with Gasteiger partial charge in [-0.15, -0.1) is 0 Å². The van der Waals surface area contributed by atoms with E-state index in [2.05, 4.69) is 20.9 Å². The topological polar surface area (TPSA) is 74.8 Å². The molecule has 0 aromatic carbocycles. The summed E-state index contributed by atoms with van der Waals surface area (Å²) in [5.41, 5.74) is -0.347. The van der Waals surface area contributed by atoms with E-state index in [1.54, 1.807) is 14.2 Å². The predicted octanol–water partition coefficient (Wildman–Crippen LogP) is 0.350. The van der Waals surface area contributed by atoms with E-state index in [4.69, 9.17) is 4.74 Å². The molecule has 0 spiro atoms. The maximum Gasteiger partial charge on any atom is 0.225 e. The summed E-state index contributed by atoms with van der Waals surface area (Å²) in [7, 11) is 3.41. The van der Waals surface area contributed by atoms with Crippen molar-refractivity contribution in [3.8, 4) is 0 Å². The average molecular weight is 272 g/mol. The van der Waals surface area contributed by atoms with Gasteiger partial charge in [0, 0.05) is 45.8 Å². The van der Waals surface area contributed by atoms with Gasteiger partial charge < -0.3 is 20.7 Å². The molecule has 3 N–H and O–H groups in total. The van der Waals surface area contributed by atoms with Crippen molar-refractivity contribution in [3.63, 3.8) is 0 Å². The Morgan fingerprint density at radius 3 is 2.21 bits per heavy atom. The minimum Gasteiger partial charge on any atom is -0.385 e. The fourth-order valence-electron chi connectivity index (χ4n) is 1.27. The average Bonchev–Trinajstić information content (AvgIpc) is 2.35. The summed E-state index contributed by atoms with van der Waals surface area (Å²) < 4.78 is 4.97. The van der Waals surface area contributed by atoms with E-state index in [0.29, 0.717) is 13.1 Å². The van der Waals surface area contributed by atoms with E-state index in [1.807, 2.05) is 20.8 Å². The molecule has 0 bridgehead atoms. The Bertz CT molecular complexity index is 285. The summed E-state index contributed by atoms with van der Waals surface area (Å²) in [4.78, 5) is 15.7. The van der Waals surface area contributed by atoms with E-state index in [-0.39, 0.29) is 11.3 Å². The van der Waals surface area contributed by atoms with Crippen LogP contribution in [0.5, 0.6) is 0 Å². The SMILES string of the molecule is CN=C(NCCCOC)NCCNC(=O)C(C)(C)C. The van der Waals surface area contributed by atoms with Crippen molar-refractivity contribution in [1.82, 2.24) is 16.0 Å². The fraction of sp³-hybridized carbons (Fsp3) is 0.846. The number of carbonyl (C=O) groups is 1. The van der Waals surface area contributed by atoms with Crippen molar-refractivity contribution in [2.75, 3.05) is 40.4 Å². The lowest BCUT2D eigenvalue weighted by molar-refractivity contribution is -0.128. The Labute approximate surface area is 116 Å². The number of hydrogen-bond acceptors (Lipinski definition) is 3. The van der Waals surface area contributed by atoms with Crippen LogP contribution in [0.3, 0.4) is 0 Å². The molecule has 0 aliphatic rings. The Hall–Kier alpha value is -1.30. The first-order valence-corrected chi connectivity index (χ1v) is 6.63. The molecule has 0 atom stereocenters. The van der Waals surface area contributed by atoms with Crippen LogP contribution in [0.25, 0.3) is 0 Å². The van der Waals surface area contributed by atoms with Crippen molar-refractivity contribution in [1.29, 1.82) is 0 Å². The largest absolute Gasteiger partial charge is 0.385 e. The molecule has 0 heterocycles. The third-order valence-electron chi connectivity index (χ3n) is 2.43. The highest BCUT2D eigenvalue weighted by Crippen LogP contribution is 2.11. The Balaban J connectivity index is 3.71. The van der Waals surface area contributed by atoms with Crippen molar-refractivity contribution in [2.45, 2.75) is 27.2 Å². The molecule has 0 saturated carbocycles. The second kappa shape index (κ2) is 9.61. The first kappa shape index (κ1) is 17.7. The zero-order valence-corrected chi connectivity index (χ0v) is 12.8. The molecule has 0 saturated heterocycles. The van der Waals surface area contributed by atoms with E-state index in [0.717, 1.165) is 25.5 Å². The zero-order chi connectivity index (χ0) is 14.7. The molecular formula is C13H28N4O2. The molecule has 0 rings (SSSR count). The molecular weight excluding hydrogens is 244 g/mol. The van der Waals surface area contributed by atoms with Crippen LogP contribution in [0.15, 0.2) is 4.99 Å². The van der Waals surface area contributed by atoms with Crippen LogP contribution < -0.4 is 16.0 Å². The minimum atomic E-state index is -0.347. The van der Waals surface area contributed by atoms with Crippen molar-refractivity contribution >= 4 is 11.9 Å².